The van der Waals surface area contributed by atoms with Gasteiger partial charge in [0.2, 0.25) is 0 Å². The molecule has 1 aliphatic heterocycles. The van der Waals surface area contributed by atoms with E-state index in [4.69, 9.17) is 5.73 Å². The number of benzene rings is 1. The fraction of sp³-hybridized carbons (Fsp3) is 0.300. The fourth-order valence-electron chi connectivity index (χ4n) is 3.63. The van der Waals surface area contributed by atoms with Crippen LogP contribution >= 0.6 is 18.9 Å². The van der Waals surface area contributed by atoms with Crippen LogP contribution in [0.3, 0.4) is 0 Å². The zero-order chi connectivity index (χ0) is 23.6. The highest BCUT2D eigenvalue weighted by Gasteiger charge is 2.22. The Kier molecular flexibility index (Phi) is 6.73. The number of nitrogens with one attached hydrogen (secondary N) is 1. The number of amides is 2. The number of nitrogens with zero attached hydrogens (tertiary/aromatic N) is 4. The first-order valence-corrected chi connectivity index (χ1v) is 12.6. The molecule has 0 bridgehead atoms. The van der Waals surface area contributed by atoms with E-state index in [0.29, 0.717) is 23.5 Å². The molecule has 3 aromatic rings. The van der Waals surface area contributed by atoms with Gasteiger partial charge in [0.05, 0.1) is 20.4 Å². The Balaban J connectivity index is 1.30. The summed E-state index contributed by atoms with van der Waals surface area (Å²) in [7, 11) is -4.41. The van der Waals surface area contributed by atoms with Crippen molar-refractivity contribution in [2.24, 2.45) is 5.73 Å². The largest absolute Gasteiger partial charge is 0.365 e. The van der Waals surface area contributed by atoms with E-state index in [-0.39, 0.29) is 16.8 Å². The quantitative estimate of drug-likeness (QED) is 0.338. The van der Waals surface area contributed by atoms with Crippen molar-refractivity contribution in [3.05, 3.63) is 47.1 Å². The van der Waals surface area contributed by atoms with Gasteiger partial charge >= 0.3 is 7.60 Å². The van der Waals surface area contributed by atoms with Crippen LogP contribution in [-0.4, -0.2) is 75.7 Å². The average molecular weight is 490 g/mol. The highest BCUT2D eigenvalue weighted by Crippen LogP contribution is 2.33. The lowest BCUT2D eigenvalue weighted by Crippen LogP contribution is -2.48. The number of fused-ring (bicyclic) bond motifs is 1. The molecule has 2 aromatic heterocycles. The first kappa shape index (κ1) is 23.3. The minimum atomic E-state index is -4.41. The summed E-state index contributed by atoms with van der Waals surface area (Å²) in [6.45, 7) is 4.04. The lowest BCUT2D eigenvalue weighted by molar-refractivity contribution is 0.0946. The SMILES string of the molecule is NC(=O)c1cc2ncnc(N3CCN(CCNC(=O)c4cccc(P(=O)(O)O)c4)CC3)c2s1. The van der Waals surface area contributed by atoms with E-state index < -0.39 is 13.5 Å². The van der Waals surface area contributed by atoms with Crippen LogP contribution in [0.4, 0.5) is 5.82 Å². The van der Waals surface area contributed by atoms with Crippen molar-refractivity contribution in [3.63, 3.8) is 0 Å². The van der Waals surface area contributed by atoms with Crippen molar-refractivity contribution in [1.82, 2.24) is 20.2 Å². The maximum absolute atomic E-state index is 12.3. The number of primary amides is 1. The van der Waals surface area contributed by atoms with Crippen molar-refractivity contribution in [2.45, 2.75) is 0 Å². The van der Waals surface area contributed by atoms with Gasteiger partial charge in [0.1, 0.15) is 12.1 Å². The van der Waals surface area contributed by atoms with Gasteiger partial charge < -0.3 is 25.7 Å². The maximum atomic E-state index is 12.3. The van der Waals surface area contributed by atoms with Crippen LogP contribution in [0, 0.1) is 0 Å². The first-order valence-electron chi connectivity index (χ1n) is 10.2. The van der Waals surface area contributed by atoms with Gasteiger partial charge in [0.15, 0.2) is 0 Å². The lowest BCUT2D eigenvalue weighted by atomic mass is 10.2. The Hall–Kier alpha value is -2.89. The second-order valence-electron chi connectivity index (χ2n) is 7.57. The molecular formula is C20H23N6O5PS. The number of aromatic nitrogens is 2. The molecule has 1 fully saturated rings. The average Bonchev–Trinajstić information content (AvgIpc) is 3.24. The summed E-state index contributed by atoms with van der Waals surface area (Å²) in [5.74, 6) is -0.0741. The van der Waals surface area contributed by atoms with E-state index in [1.807, 2.05) is 0 Å². The van der Waals surface area contributed by atoms with E-state index >= 15 is 0 Å². The van der Waals surface area contributed by atoms with Crippen LogP contribution in [-0.2, 0) is 4.57 Å². The lowest BCUT2D eigenvalue weighted by Gasteiger charge is -2.35. The smallest absolute Gasteiger partial charge is 0.356 e. The zero-order valence-electron chi connectivity index (χ0n) is 17.5. The van der Waals surface area contributed by atoms with E-state index in [1.165, 1.54) is 41.9 Å². The van der Waals surface area contributed by atoms with Crippen LogP contribution in [0.25, 0.3) is 10.2 Å². The molecule has 0 aliphatic carbocycles. The van der Waals surface area contributed by atoms with E-state index in [1.54, 1.807) is 6.07 Å². The summed E-state index contributed by atoms with van der Waals surface area (Å²) in [6.07, 6.45) is 1.48. The van der Waals surface area contributed by atoms with Crippen molar-refractivity contribution < 1.29 is 23.9 Å². The van der Waals surface area contributed by atoms with Crippen molar-refractivity contribution >= 4 is 52.1 Å². The number of anilines is 1. The Morgan fingerprint density at radius 2 is 1.91 bits per heavy atom. The van der Waals surface area contributed by atoms with Gasteiger partial charge in [-0.25, -0.2) is 9.97 Å². The number of hydrogen-bond donors (Lipinski definition) is 4. The van der Waals surface area contributed by atoms with E-state index in [0.717, 1.165) is 36.7 Å². The molecule has 0 unspecified atom stereocenters. The third-order valence-corrected chi connectivity index (χ3v) is 7.45. The van der Waals surface area contributed by atoms with Crippen molar-refractivity contribution in [1.29, 1.82) is 0 Å². The van der Waals surface area contributed by atoms with Crippen LogP contribution < -0.4 is 21.3 Å². The molecule has 13 heteroatoms. The number of rotatable bonds is 7. The number of thiophene rings is 1. The zero-order valence-corrected chi connectivity index (χ0v) is 19.3. The summed E-state index contributed by atoms with van der Waals surface area (Å²) in [5.41, 5.74) is 6.30. The molecule has 33 heavy (non-hydrogen) atoms. The normalized spacial score (nSPS) is 15.0. The number of hydrogen-bond acceptors (Lipinski definition) is 8. The molecule has 4 rings (SSSR count). The molecule has 1 saturated heterocycles. The number of nitrogens with two attached hydrogens (primary N) is 1. The number of carbonyl (C=O) groups excluding carboxylic acids is 2. The standard InChI is InChI=1S/C20H23N6O5PS/c21-18(27)16-11-15-17(33-16)19(24-12-23-15)26-8-6-25(7-9-26)5-4-22-20(28)13-2-1-3-14(10-13)32(29,30)31/h1-3,10-12H,4-9H2,(H2,21,27)(H,22,28)(H2,29,30,31). The second kappa shape index (κ2) is 9.54. The number of carbonyl (C=O) groups is 2. The van der Waals surface area contributed by atoms with Crippen molar-refractivity contribution in [3.8, 4) is 0 Å². The van der Waals surface area contributed by atoms with Crippen molar-refractivity contribution in [2.75, 3.05) is 44.2 Å². The predicted octanol–water partition coefficient (Wildman–Crippen LogP) is 0.145. The Morgan fingerprint density at radius 3 is 2.61 bits per heavy atom. The van der Waals surface area contributed by atoms with Crippen LogP contribution in [0.1, 0.15) is 20.0 Å². The minimum Gasteiger partial charge on any atom is -0.365 e. The summed E-state index contributed by atoms with van der Waals surface area (Å²) < 4.78 is 12.2. The molecule has 11 nitrogen and oxygen atoms in total. The van der Waals surface area contributed by atoms with E-state index in [2.05, 4.69) is 25.1 Å². The molecule has 1 aliphatic rings. The molecule has 2 amide bonds. The monoisotopic (exact) mass is 490 g/mol. The van der Waals surface area contributed by atoms with Crippen LogP contribution in [0.2, 0.25) is 0 Å². The molecule has 5 N–H and O–H groups in total. The molecular weight excluding hydrogens is 467 g/mol. The molecule has 1 aromatic carbocycles. The van der Waals surface area contributed by atoms with Crippen LogP contribution in [0.15, 0.2) is 36.7 Å². The summed E-state index contributed by atoms with van der Waals surface area (Å²) >= 11 is 1.29. The third kappa shape index (κ3) is 5.37. The molecule has 0 radical (unpaired) electrons. The summed E-state index contributed by atoms with van der Waals surface area (Å²) in [6, 6.07) is 7.16. The summed E-state index contributed by atoms with van der Waals surface area (Å²) in [5, 5.41) is 2.61. The van der Waals surface area contributed by atoms with Gasteiger partial charge in [-0.3, -0.25) is 19.1 Å². The highest BCUT2D eigenvalue weighted by molar-refractivity contribution is 7.60. The number of piperazine rings is 1. The summed E-state index contributed by atoms with van der Waals surface area (Å²) in [4.78, 5) is 55.8. The van der Waals surface area contributed by atoms with Gasteiger partial charge in [-0.05, 0) is 24.3 Å². The topological polar surface area (TPSA) is 162 Å². The van der Waals surface area contributed by atoms with Gasteiger partial charge in [-0.15, -0.1) is 11.3 Å². The van der Waals surface area contributed by atoms with E-state index in [9.17, 15) is 23.9 Å². The molecule has 0 saturated carbocycles. The van der Waals surface area contributed by atoms with Crippen LogP contribution in [0.5, 0.6) is 0 Å². The Bertz CT molecular complexity index is 1240. The molecule has 0 spiro atoms. The Labute approximate surface area is 193 Å². The van der Waals surface area contributed by atoms with Gasteiger partial charge in [-0.2, -0.15) is 0 Å². The molecule has 174 valence electrons. The van der Waals surface area contributed by atoms with Gasteiger partial charge in [-0.1, -0.05) is 6.07 Å². The Morgan fingerprint density at radius 1 is 1.15 bits per heavy atom. The third-order valence-electron chi connectivity index (χ3n) is 5.37. The predicted molar refractivity (Wildman–Crippen MR) is 125 cm³/mol. The highest BCUT2D eigenvalue weighted by atomic mass is 32.1. The molecule has 0 atom stereocenters. The second-order valence-corrected chi connectivity index (χ2v) is 10.2. The molecule has 3 heterocycles. The first-order chi connectivity index (χ1) is 15.7. The maximum Gasteiger partial charge on any atom is 0.356 e. The minimum absolute atomic E-state index is 0.182. The van der Waals surface area contributed by atoms with Gasteiger partial charge in [0.25, 0.3) is 11.8 Å². The van der Waals surface area contributed by atoms with Gasteiger partial charge in [0, 0.05) is 44.8 Å². The fourth-order valence-corrected chi connectivity index (χ4v) is 5.20.